The molecule has 1 aliphatic heterocycles. The number of hydrogen-bond donors (Lipinski definition) is 1. The number of ether oxygens (including phenoxy) is 1. The molecule has 2 atom stereocenters. The average Bonchev–Trinajstić information content (AvgIpc) is 3.02. The Morgan fingerprint density at radius 3 is 2.96 bits per heavy atom. The van der Waals surface area contributed by atoms with Crippen LogP contribution in [0.4, 0.5) is 0 Å². The van der Waals surface area contributed by atoms with Crippen molar-refractivity contribution in [3.63, 3.8) is 0 Å². The maximum atomic E-state index is 6.30. The van der Waals surface area contributed by atoms with Gasteiger partial charge in [0, 0.05) is 33.6 Å². The molecule has 0 saturated carbocycles. The monoisotopic (exact) mass is 380 g/mol. The third-order valence-electron chi connectivity index (χ3n) is 6.80. The molecule has 1 N–H and O–H groups in total. The summed E-state index contributed by atoms with van der Waals surface area (Å²) >= 11 is 6.30. The number of benzene rings is 2. The van der Waals surface area contributed by atoms with Crippen LogP contribution < -0.4 is 4.74 Å². The molecule has 1 saturated heterocycles. The summed E-state index contributed by atoms with van der Waals surface area (Å²) < 4.78 is 5.54. The molecule has 2 aliphatic rings. The van der Waals surface area contributed by atoms with E-state index in [2.05, 4.69) is 47.3 Å². The Morgan fingerprint density at radius 1 is 1.22 bits per heavy atom. The maximum absolute atomic E-state index is 6.30. The van der Waals surface area contributed by atoms with E-state index >= 15 is 0 Å². The number of hydrogen-bond acceptors (Lipinski definition) is 2. The van der Waals surface area contributed by atoms with E-state index in [9.17, 15) is 0 Å². The third kappa shape index (κ3) is 2.67. The standard InChI is InChI=1S/C23H25ClN2O/c1-26-9-8-23(15-4-3-5-18(10-15)27-2)13-22-19(11-16(23)14-26)20-12-17(24)6-7-21(20)25-22/h3-7,10,12,16,25H,8-9,11,13-14H2,1-2H3/t16?,23-/m1/s1. The zero-order chi connectivity index (χ0) is 18.6. The first kappa shape index (κ1) is 17.2. The van der Waals surface area contributed by atoms with Crippen LogP contribution in [-0.2, 0) is 18.3 Å². The lowest BCUT2D eigenvalue weighted by atomic mass is 9.59. The number of rotatable bonds is 2. The zero-order valence-electron chi connectivity index (χ0n) is 15.9. The van der Waals surface area contributed by atoms with Crippen LogP contribution >= 0.6 is 11.6 Å². The minimum absolute atomic E-state index is 0.165. The van der Waals surface area contributed by atoms with Gasteiger partial charge in [0.05, 0.1) is 7.11 Å². The Hall–Kier alpha value is -1.97. The fourth-order valence-corrected chi connectivity index (χ4v) is 5.54. The highest BCUT2D eigenvalue weighted by Gasteiger charge is 2.47. The van der Waals surface area contributed by atoms with E-state index in [-0.39, 0.29) is 5.41 Å². The van der Waals surface area contributed by atoms with Crippen molar-refractivity contribution >= 4 is 22.5 Å². The number of nitrogens with zero attached hydrogens (tertiary/aromatic N) is 1. The summed E-state index contributed by atoms with van der Waals surface area (Å²) in [5.41, 5.74) is 5.64. The Labute approximate surface area is 165 Å². The lowest BCUT2D eigenvalue weighted by Crippen LogP contribution is -2.52. The molecule has 1 unspecified atom stereocenters. The second-order valence-electron chi connectivity index (χ2n) is 8.25. The van der Waals surface area contributed by atoms with Gasteiger partial charge >= 0.3 is 0 Å². The molecule has 4 heteroatoms. The van der Waals surface area contributed by atoms with Gasteiger partial charge in [0.25, 0.3) is 0 Å². The zero-order valence-corrected chi connectivity index (χ0v) is 16.6. The highest BCUT2D eigenvalue weighted by molar-refractivity contribution is 6.31. The van der Waals surface area contributed by atoms with E-state index in [0.717, 1.165) is 36.7 Å². The van der Waals surface area contributed by atoms with Crippen LogP contribution in [-0.4, -0.2) is 37.1 Å². The van der Waals surface area contributed by atoms with Crippen LogP contribution in [0.25, 0.3) is 10.9 Å². The first-order valence-corrected chi connectivity index (χ1v) is 10.1. The van der Waals surface area contributed by atoms with Crippen molar-refractivity contribution in [2.75, 3.05) is 27.2 Å². The minimum Gasteiger partial charge on any atom is -0.497 e. The van der Waals surface area contributed by atoms with Gasteiger partial charge in [-0.05, 0) is 80.2 Å². The Balaban J connectivity index is 1.66. The summed E-state index contributed by atoms with van der Waals surface area (Å²) in [6, 6.07) is 14.9. The fourth-order valence-electron chi connectivity index (χ4n) is 5.37. The van der Waals surface area contributed by atoms with E-state index in [4.69, 9.17) is 16.3 Å². The van der Waals surface area contributed by atoms with E-state index < -0.39 is 0 Å². The smallest absolute Gasteiger partial charge is 0.119 e. The second-order valence-corrected chi connectivity index (χ2v) is 8.69. The van der Waals surface area contributed by atoms with Crippen molar-refractivity contribution in [1.29, 1.82) is 0 Å². The van der Waals surface area contributed by atoms with E-state index in [0.29, 0.717) is 5.92 Å². The van der Waals surface area contributed by atoms with Crippen LogP contribution in [0.3, 0.4) is 0 Å². The molecule has 2 aromatic carbocycles. The number of likely N-dealkylation sites (tertiary alicyclic amines) is 1. The topological polar surface area (TPSA) is 28.3 Å². The Morgan fingerprint density at radius 2 is 2.11 bits per heavy atom. The van der Waals surface area contributed by atoms with Gasteiger partial charge in [-0.1, -0.05) is 23.7 Å². The van der Waals surface area contributed by atoms with E-state index in [1.165, 1.54) is 34.1 Å². The van der Waals surface area contributed by atoms with Gasteiger partial charge in [-0.25, -0.2) is 0 Å². The molecule has 1 fully saturated rings. The fraction of sp³-hybridized carbons (Fsp3) is 0.391. The molecule has 0 amide bonds. The SMILES string of the molecule is COc1cccc([C@]23CCN(C)CC2Cc2c([nH]c4ccc(Cl)cc24)C3)c1. The molecule has 1 aliphatic carbocycles. The maximum Gasteiger partial charge on any atom is 0.119 e. The Bertz CT molecular complexity index is 1010. The lowest BCUT2D eigenvalue weighted by Gasteiger charge is -2.50. The van der Waals surface area contributed by atoms with Gasteiger partial charge in [0.1, 0.15) is 5.75 Å². The molecule has 140 valence electrons. The number of halogens is 1. The third-order valence-corrected chi connectivity index (χ3v) is 7.03. The van der Waals surface area contributed by atoms with Crippen molar-refractivity contribution < 1.29 is 4.74 Å². The molecule has 0 spiro atoms. The van der Waals surface area contributed by atoms with Gasteiger partial charge in [-0.2, -0.15) is 0 Å². The minimum atomic E-state index is 0.165. The number of methoxy groups -OCH3 is 1. The predicted molar refractivity (Wildman–Crippen MR) is 111 cm³/mol. The number of piperidine rings is 1. The predicted octanol–water partition coefficient (Wildman–Crippen LogP) is 4.82. The number of aromatic amines is 1. The van der Waals surface area contributed by atoms with Gasteiger partial charge in [-0.3, -0.25) is 0 Å². The molecule has 0 bridgehead atoms. The number of H-pyrrole nitrogens is 1. The van der Waals surface area contributed by atoms with Crippen molar-refractivity contribution in [1.82, 2.24) is 9.88 Å². The summed E-state index contributed by atoms with van der Waals surface area (Å²) in [6.07, 6.45) is 3.33. The van der Waals surface area contributed by atoms with Gasteiger partial charge in [-0.15, -0.1) is 0 Å². The number of nitrogens with one attached hydrogen (secondary N) is 1. The summed E-state index contributed by atoms with van der Waals surface area (Å²) in [7, 11) is 4.00. The number of fused-ring (bicyclic) bond motifs is 4. The molecule has 2 heterocycles. The molecule has 0 radical (unpaired) electrons. The first-order chi connectivity index (χ1) is 13.1. The van der Waals surface area contributed by atoms with E-state index in [1.807, 2.05) is 12.1 Å². The summed E-state index contributed by atoms with van der Waals surface area (Å²) in [6.45, 7) is 2.26. The molecule has 3 aromatic rings. The quantitative estimate of drug-likeness (QED) is 0.690. The van der Waals surface area contributed by atoms with Gasteiger partial charge in [0.2, 0.25) is 0 Å². The van der Waals surface area contributed by atoms with Crippen molar-refractivity contribution in [3.05, 3.63) is 64.3 Å². The molecule has 27 heavy (non-hydrogen) atoms. The molecule has 1 aromatic heterocycles. The Kier molecular flexibility index (Phi) is 3.99. The average molecular weight is 381 g/mol. The van der Waals surface area contributed by atoms with Crippen molar-refractivity contribution in [2.24, 2.45) is 5.92 Å². The van der Waals surface area contributed by atoms with Crippen LogP contribution in [0.15, 0.2) is 42.5 Å². The molecule has 5 rings (SSSR count). The number of aromatic nitrogens is 1. The second kappa shape index (κ2) is 6.29. The van der Waals surface area contributed by atoms with Gasteiger partial charge in [0.15, 0.2) is 0 Å². The first-order valence-electron chi connectivity index (χ1n) is 9.71. The highest BCUT2D eigenvalue weighted by atomic mass is 35.5. The normalized spacial score (nSPS) is 25.2. The van der Waals surface area contributed by atoms with Crippen LogP contribution in [0.1, 0.15) is 23.2 Å². The van der Waals surface area contributed by atoms with Crippen LogP contribution in [0.2, 0.25) is 5.02 Å². The van der Waals surface area contributed by atoms with Gasteiger partial charge < -0.3 is 14.6 Å². The molecular weight excluding hydrogens is 356 g/mol. The molecule has 3 nitrogen and oxygen atoms in total. The highest BCUT2D eigenvalue weighted by Crippen LogP contribution is 2.49. The van der Waals surface area contributed by atoms with E-state index in [1.54, 1.807) is 7.11 Å². The van der Waals surface area contributed by atoms with Crippen molar-refractivity contribution in [3.8, 4) is 5.75 Å². The largest absolute Gasteiger partial charge is 0.497 e. The molecular formula is C23H25ClN2O. The van der Waals surface area contributed by atoms with Crippen LogP contribution in [0.5, 0.6) is 5.75 Å². The summed E-state index contributed by atoms with van der Waals surface area (Å²) in [4.78, 5) is 6.19. The lowest BCUT2D eigenvalue weighted by molar-refractivity contribution is 0.0994. The van der Waals surface area contributed by atoms with Crippen LogP contribution in [0, 0.1) is 5.92 Å². The summed E-state index contributed by atoms with van der Waals surface area (Å²) in [5.74, 6) is 1.54. The van der Waals surface area contributed by atoms with Crippen molar-refractivity contribution in [2.45, 2.75) is 24.7 Å². The summed E-state index contributed by atoms with van der Waals surface area (Å²) in [5, 5.41) is 2.11.